The van der Waals surface area contributed by atoms with Gasteiger partial charge in [-0.1, -0.05) is 13.8 Å². The smallest absolute Gasteiger partial charge is 0.269 e. The van der Waals surface area contributed by atoms with Gasteiger partial charge >= 0.3 is 0 Å². The lowest BCUT2D eigenvalue weighted by atomic mass is 10.3. The number of anilines is 1. The number of hydrogen-bond acceptors (Lipinski definition) is 4. The molecule has 2 aromatic heterocycles. The average Bonchev–Trinajstić information content (AvgIpc) is 2.80. The SMILES string of the molecule is CCCNc1cnn(Cc2cc(CC)nn2C)c(=O)c1. The summed E-state index contributed by atoms with van der Waals surface area (Å²) >= 11 is 0. The van der Waals surface area contributed by atoms with Gasteiger partial charge in [0.2, 0.25) is 0 Å². The zero-order chi connectivity index (χ0) is 14.5. The van der Waals surface area contributed by atoms with Crippen LogP contribution in [0, 0.1) is 0 Å². The van der Waals surface area contributed by atoms with Gasteiger partial charge in [-0.05, 0) is 18.9 Å². The number of nitrogens with one attached hydrogen (secondary N) is 1. The van der Waals surface area contributed by atoms with E-state index in [9.17, 15) is 4.79 Å². The predicted octanol–water partition coefficient (Wildman–Crippen LogP) is 1.41. The number of aryl methyl sites for hydroxylation is 2. The maximum Gasteiger partial charge on any atom is 0.269 e. The molecule has 0 aliphatic carbocycles. The molecule has 2 aromatic rings. The van der Waals surface area contributed by atoms with Crippen molar-refractivity contribution in [1.29, 1.82) is 0 Å². The molecular formula is C14H21N5O. The Bertz CT molecular complexity index is 629. The molecule has 108 valence electrons. The van der Waals surface area contributed by atoms with Crippen molar-refractivity contribution in [3.05, 3.63) is 40.1 Å². The van der Waals surface area contributed by atoms with Crippen LogP contribution in [0.5, 0.6) is 0 Å². The van der Waals surface area contributed by atoms with Gasteiger partial charge in [-0.3, -0.25) is 9.48 Å². The largest absolute Gasteiger partial charge is 0.384 e. The van der Waals surface area contributed by atoms with Gasteiger partial charge in [-0.15, -0.1) is 0 Å². The van der Waals surface area contributed by atoms with Crippen molar-refractivity contribution in [2.75, 3.05) is 11.9 Å². The molecule has 0 saturated heterocycles. The van der Waals surface area contributed by atoms with Gasteiger partial charge in [0.1, 0.15) is 0 Å². The van der Waals surface area contributed by atoms with Gasteiger partial charge in [0.15, 0.2) is 0 Å². The molecule has 0 radical (unpaired) electrons. The first-order valence-corrected chi connectivity index (χ1v) is 6.96. The Kier molecular flexibility index (Phi) is 4.55. The number of rotatable bonds is 6. The monoisotopic (exact) mass is 275 g/mol. The van der Waals surface area contributed by atoms with Crippen LogP contribution in [0.3, 0.4) is 0 Å². The van der Waals surface area contributed by atoms with Gasteiger partial charge in [0.25, 0.3) is 5.56 Å². The second kappa shape index (κ2) is 6.36. The minimum absolute atomic E-state index is 0.106. The van der Waals surface area contributed by atoms with E-state index in [0.717, 1.165) is 36.5 Å². The molecule has 20 heavy (non-hydrogen) atoms. The fraction of sp³-hybridized carbons (Fsp3) is 0.500. The molecule has 0 aliphatic heterocycles. The standard InChI is InChI=1S/C14H21N5O/c1-4-6-15-12-8-14(20)19(16-9-12)10-13-7-11(5-2)17-18(13)3/h7-9,15H,4-6,10H2,1-3H3. The first-order valence-electron chi connectivity index (χ1n) is 6.96. The third-order valence-corrected chi connectivity index (χ3v) is 3.15. The predicted molar refractivity (Wildman–Crippen MR) is 79.0 cm³/mol. The molecule has 0 aromatic carbocycles. The summed E-state index contributed by atoms with van der Waals surface area (Å²) in [6.45, 7) is 5.42. The number of nitrogens with zero attached hydrogens (tertiary/aromatic N) is 4. The molecule has 0 fully saturated rings. The molecule has 0 bridgehead atoms. The van der Waals surface area contributed by atoms with E-state index in [1.165, 1.54) is 4.68 Å². The molecule has 6 nitrogen and oxygen atoms in total. The highest BCUT2D eigenvalue weighted by molar-refractivity contribution is 5.38. The highest BCUT2D eigenvalue weighted by Gasteiger charge is 2.07. The Hall–Kier alpha value is -2.11. The first kappa shape index (κ1) is 14.3. The van der Waals surface area contributed by atoms with Crippen molar-refractivity contribution in [3.63, 3.8) is 0 Å². The van der Waals surface area contributed by atoms with Crippen molar-refractivity contribution in [3.8, 4) is 0 Å². The molecular weight excluding hydrogens is 254 g/mol. The van der Waals surface area contributed by atoms with Crippen molar-refractivity contribution in [2.45, 2.75) is 33.2 Å². The van der Waals surface area contributed by atoms with Crippen LogP contribution in [-0.2, 0) is 20.0 Å². The summed E-state index contributed by atoms with van der Waals surface area (Å²) in [4.78, 5) is 12.0. The van der Waals surface area contributed by atoms with Crippen molar-refractivity contribution < 1.29 is 0 Å². The maximum absolute atomic E-state index is 12.0. The zero-order valence-corrected chi connectivity index (χ0v) is 12.3. The molecule has 1 N–H and O–H groups in total. The summed E-state index contributed by atoms with van der Waals surface area (Å²) in [6.07, 6.45) is 3.59. The van der Waals surface area contributed by atoms with Crippen LogP contribution in [0.4, 0.5) is 5.69 Å². The number of aromatic nitrogens is 4. The molecule has 0 amide bonds. The van der Waals surface area contributed by atoms with E-state index in [1.54, 1.807) is 16.9 Å². The third-order valence-electron chi connectivity index (χ3n) is 3.15. The lowest BCUT2D eigenvalue weighted by Crippen LogP contribution is -2.24. The zero-order valence-electron chi connectivity index (χ0n) is 12.3. The molecule has 2 heterocycles. The van der Waals surface area contributed by atoms with Gasteiger partial charge in [-0.2, -0.15) is 10.2 Å². The second-order valence-corrected chi connectivity index (χ2v) is 4.77. The molecule has 0 unspecified atom stereocenters. The average molecular weight is 275 g/mol. The van der Waals surface area contributed by atoms with E-state index in [4.69, 9.17) is 0 Å². The highest BCUT2D eigenvalue weighted by atomic mass is 16.1. The summed E-state index contributed by atoms with van der Waals surface area (Å²) in [7, 11) is 1.89. The molecule has 0 atom stereocenters. The minimum Gasteiger partial charge on any atom is -0.384 e. The van der Waals surface area contributed by atoms with E-state index in [0.29, 0.717) is 6.54 Å². The van der Waals surface area contributed by atoms with Crippen LogP contribution in [0.25, 0.3) is 0 Å². The minimum atomic E-state index is -0.106. The van der Waals surface area contributed by atoms with Crippen LogP contribution in [0.1, 0.15) is 31.7 Å². The molecule has 0 spiro atoms. The van der Waals surface area contributed by atoms with E-state index in [1.807, 2.05) is 13.1 Å². The van der Waals surface area contributed by atoms with Gasteiger partial charge in [0, 0.05) is 19.7 Å². The third kappa shape index (κ3) is 3.26. The van der Waals surface area contributed by atoms with E-state index in [2.05, 4.69) is 29.4 Å². The summed E-state index contributed by atoms with van der Waals surface area (Å²) in [5.41, 5.74) is 2.67. The fourth-order valence-corrected chi connectivity index (χ4v) is 1.96. The van der Waals surface area contributed by atoms with Crippen LogP contribution in [0.2, 0.25) is 0 Å². The maximum atomic E-state index is 12.0. The van der Waals surface area contributed by atoms with E-state index < -0.39 is 0 Å². The quantitative estimate of drug-likeness (QED) is 0.865. The van der Waals surface area contributed by atoms with E-state index >= 15 is 0 Å². The Balaban J connectivity index is 2.17. The van der Waals surface area contributed by atoms with Crippen molar-refractivity contribution in [1.82, 2.24) is 19.6 Å². The molecule has 0 saturated carbocycles. The van der Waals surface area contributed by atoms with E-state index in [-0.39, 0.29) is 5.56 Å². The molecule has 2 rings (SSSR count). The normalized spacial score (nSPS) is 10.8. The van der Waals surface area contributed by atoms with Gasteiger partial charge in [-0.25, -0.2) is 4.68 Å². The summed E-state index contributed by atoms with van der Waals surface area (Å²) in [5, 5.41) is 11.7. The van der Waals surface area contributed by atoms with Crippen molar-refractivity contribution >= 4 is 5.69 Å². The Morgan fingerprint density at radius 3 is 2.70 bits per heavy atom. The van der Waals surface area contributed by atoms with Gasteiger partial charge < -0.3 is 5.32 Å². The van der Waals surface area contributed by atoms with Crippen LogP contribution in [-0.4, -0.2) is 26.1 Å². The van der Waals surface area contributed by atoms with Crippen LogP contribution in [0.15, 0.2) is 23.1 Å². The summed E-state index contributed by atoms with van der Waals surface area (Å²) in [6, 6.07) is 3.59. The summed E-state index contributed by atoms with van der Waals surface area (Å²) in [5.74, 6) is 0. The lowest BCUT2D eigenvalue weighted by Gasteiger charge is -2.07. The number of hydrogen-bond donors (Lipinski definition) is 1. The lowest BCUT2D eigenvalue weighted by molar-refractivity contribution is 0.590. The topological polar surface area (TPSA) is 64.7 Å². The second-order valence-electron chi connectivity index (χ2n) is 4.77. The Labute approximate surface area is 118 Å². The highest BCUT2D eigenvalue weighted by Crippen LogP contribution is 2.05. The Morgan fingerprint density at radius 1 is 1.30 bits per heavy atom. The van der Waals surface area contributed by atoms with Gasteiger partial charge in [0.05, 0.1) is 29.8 Å². The first-order chi connectivity index (χ1) is 9.63. The fourth-order valence-electron chi connectivity index (χ4n) is 1.96. The Morgan fingerprint density at radius 2 is 2.10 bits per heavy atom. The van der Waals surface area contributed by atoms with Crippen molar-refractivity contribution in [2.24, 2.45) is 7.05 Å². The van der Waals surface area contributed by atoms with Crippen LogP contribution < -0.4 is 10.9 Å². The molecule has 6 heteroatoms. The molecule has 0 aliphatic rings. The van der Waals surface area contributed by atoms with Crippen LogP contribution >= 0.6 is 0 Å². The summed E-state index contributed by atoms with van der Waals surface area (Å²) < 4.78 is 3.25.